The van der Waals surface area contributed by atoms with Gasteiger partial charge >= 0.3 is 0 Å². The van der Waals surface area contributed by atoms with Crippen molar-refractivity contribution in [3.8, 4) is 5.75 Å². The quantitative estimate of drug-likeness (QED) is 0.516. The minimum Gasteiger partial charge on any atom is -0.495 e. The highest BCUT2D eigenvalue weighted by atomic mass is 32.2. The average Bonchev–Trinajstić information content (AvgIpc) is 3.34. The first-order valence-electron chi connectivity index (χ1n) is 11.1. The Labute approximate surface area is 200 Å². The number of sulfonamides is 1. The maximum atomic E-state index is 13.1. The number of anilines is 1. The van der Waals surface area contributed by atoms with Gasteiger partial charge < -0.3 is 9.64 Å². The maximum absolute atomic E-state index is 13.1. The van der Waals surface area contributed by atoms with Gasteiger partial charge in [-0.3, -0.25) is 4.90 Å². The van der Waals surface area contributed by atoms with Crippen LogP contribution in [-0.2, 0) is 10.0 Å². The standard InChI is InChI=1S/C25H31N3O3S2/c1-19-10-12-21(13-11-19)33(29,30)26-20(2)25(24-9-6-18-32-24)28-16-14-27(15-17-28)22-7-4-5-8-23(22)31-3/h4-13,18,20,25-26H,14-17H2,1-3H3/t20-,25-/m1/s1. The van der Waals surface area contributed by atoms with Crippen molar-refractivity contribution in [2.45, 2.75) is 30.8 Å². The summed E-state index contributed by atoms with van der Waals surface area (Å²) in [6.07, 6.45) is 0. The van der Waals surface area contributed by atoms with E-state index in [1.807, 2.05) is 50.2 Å². The van der Waals surface area contributed by atoms with Crippen molar-refractivity contribution in [3.05, 3.63) is 76.5 Å². The van der Waals surface area contributed by atoms with Gasteiger partial charge in [-0.05, 0) is 49.6 Å². The van der Waals surface area contributed by atoms with Gasteiger partial charge in [0, 0.05) is 37.1 Å². The lowest BCUT2D eigenvalue weighted by Crippen LogP contribution is -2.52. The lowest BCUT2D eigenvalue weighted by atomic mass is 10.1. The first-order chi connectivity index (χ1) is 15.9. The summed E-state index contributed by atoms with van der Waals surface area (Å²) in [6.45, 7) is 7.26. The SMILES string of the molecule is COc1ccccc1N1CCN([C@@H](c2cccs2)[C@@H](C)NS(=O)(=O)c2ccc(C)cc2)CC1. The van der Waals surface area contributed by atoms with Crippen molar-refractivity contribution in [2.24, 2.45) is 0 Å². The summed E-state index contributed by atoms with van der Waals surface area (Å²) in [5.41, 5.74) is 2.13. The third-order valence-electron chi connectivity index (χ3n) is 6.11. The van der Waals surface area contributed by atoms with Crippen molar-refractivity contribution >= 4 is 27.0 Å². The predicted octanol–water partition coefficient (Wildman–Crippen LogP) is 4.30. The number of nitrogens with one attached hydrogen (secondary N) is 1. The molecule has 2 aromatic carbocycles. The Bertz CT molecular complexity index is 1140. The summed E-state index contributed by atoms with van der Waals surface area (Å²) in [6, 6.07) is 18.9. The highest BCUT2D eigenvalue weighted by Gasteiger charge is 2.33. The van der Waals surface area contributed by atoms with Crippen LogP contribution in [0.2, 0.25) is 0 Å². The van der Waals surface area contributed by atoms with Crippen LogP contribution in [0.1, 0.15) is 23.4 Å². The molecule has 1 aliphatic heterocycles. The zero-order chi connectivity index (χ0) is 23.4. The first-order valence-corrected chi connectivity index (χ1v) is 13.5. The molecule has 0 amide bonds. The highest BCUT2D eigenvalue weighted by molar-refractivity contribution is 7.89. The van der Waals surface area contributed by atoms with E-state index in [2.05, 4.69) is 32.0 Å². The van der Waals surface area contributed by atoms with E-state index in [0.717, 1.165) is 43.2 Å². The van der Waals surface area contributed by atoms with Crippen LogP contribution in [0.25, 0.3) is 0 Å². The van der Waals surface area contributed by atoms with Crippen molar-refractivity contribution in [2.75, 3.05) is 38.2 Å². The fourth-order valence-electron chi connectivity index (χ4n) is 4.43. The molecular formula is C25H31N3O3S2. The fourth-order valence-corrected chi connectivity index (χ4v) is 6.64. The molecule has 1 saturated heterocycles. The van der Waals surface area contributed by atoms with E-state index in [4.69, 9.17) is 4.74 Å². The van der Waals surface area contributed by atoms with E-state index in [1.165, 1.54) is 4.88 Å². The van der Waals surface area contributed by atoms with Gasteiger partial charge in [-0.2, -0.15) is 0 Å². The smallest absolute Gasteiger partial charge is 0.240 e. The molecule has 0 spiro atoms. The molecule has 1 aliphatic rings. The lowest BCUT2D eigenvalue weighted by Gasteiger charge is -2.42. The Kier molecular flexibility index (Phi) is 7.38. The van der Waals surface area contributed by atoms with Gasteiger partial charge in [-0.25, -0.2) is 13.1 Å². The molecule has 0 radical (unpaired) electrons. The third-order valence-corrected chi connectivity index (χ3v) is 8.63. The molecule has 0 bridgehead atoms. The summed E-state index contributed by atoms with van der Waals surface area (Å²) >= 11 is 1.67. The predicted molar refractivity (Wildman–Crippen MR) is 135 cm³/mol. The number of methoxy groups -OCH3 is 1. The number of hydrogen-bond acceptors (Lipinski definition) is 6. The van der Waals surface area contributed by atoms with Crippen LogP contribution in [0.15, 0.2) is 70.9 Å². The number of para-hydroxylation sites is 2. The molecule has 0 saturated carbocycles. The lowest BCUT2D eigenvalue weighted by molar-refractivity contribution is 0.163. The van der Waals surface area contributed by atoms with E-state index in [1.54, 1.807) is 30.6 Å². The Morgan fingerprint density at radius 1 is 0.970 bits per heavy atom. The minimum atomic E-state index is -3.61. The summed E-state index contributed by atoms with van der Waals surface area (Å²) in [5.74, 6) is 0.875. The number of rotatable bonds is 8. The molecule has 0 unspecified atom stereocenters. The van der Waals surface area contributed by atoms with Crippen LogP contribution in [0.5, 0.6) is 5.75 Å². The summed E-state index contributed by atoms with van der Waals surface area (Å²) < 4.78 is 34.6. The van der Waals surface area contributed by atoms with Gasteiger partial charge in [-0.1, -0.05) is 35.9 Å². The normalized spacial score (nSPS) is 17.0. The van der Waals surface area contributed by atoms with Gasteiger partial charge in [0.15, 0.2) is 0 Å². The average molecular weight is 486 g/mol. The molecular weight excluding hydrogens is 454 g/mol. The van der Waals surface area contributed by atoms with E-state index in [-0.39, 0.29) is 12.1 Å². The Morgan fingerprint density at radius 2 is 1.67 bits per heavy atom. The van der Waals surface area contributed by atoms with E-state index >= 15 is 0 Å². The molecule has 1 aromatic heterocycles. The van der Waals surface area contributed by atoms with Crippen molar-refractivity contribution < 1.29 is 13.2 Å². The first kappa shape index (κ1) is 23.8. The Morgan fingerprint density at radius 3 is 2.30 bits per heavy atom. The zero-order valence-corrected chi connectivity index (χ0v) is 20.9. The molecule has 33 heavy (non-hydrogen) atoms. The van der Waals surface area contributed by atoms with Gasteiger partial charge in [0.25, 0.3) is 0 Å². The van der Waals surface area contributed by atoms with Crippen LogP contribution in [0, 0.1) is 6.92 Å². The number of hydrogen-bond donors (Lipinski definition) is 1. The van der Waals surface area contributed by atoms with E-state index in [0.29, 0.717) is 4.90 Å². The van der Waals surface area contributed by atoms with Crippen LogP contribution in [0.3, 0.4) is 0 Å². The largest absolute Gasteiger partial charge is 0.495 e. The van der Waals surface area contributed by atoms with Gasteiger partial charge in [0.05, 0.1) is 23.7 Å². The second-order valence-electron chi connectivity index (χ2n) is 8.38. The number of benzene rings is 2. The third kappa shape index (κ3) is 5.41. The van der Waals surface area contributed by atoms with Crippen LogP contribution < -0.4 is 14.4 Å². The number of aryl methyl sites for hydroxylation is 1. The molecule has 1 N–H and O–H groups in total. The zero-order valence-electron chi connectivity index (χ0n) is 19.3. The van der Waals surface area contributed by atoms with Crippen molar-refractivity contribution in [3.63, 3.8) is 0 Å². The Balaban J connectivity index is 1.51. The fraction of sp³-hybridized carbons (Fsp3) is 0.360. The van der Waals surface area contributed by atoms with E-state index < -0.39 is 10.0 Å². The molecule has 4 rings (SSSR count). The molecule has 1 fully saturated rings. The maximum Gasteiger partial charge on any atom is 0.240 e. The summed E-state index contributed by atoms with van der Waals surface area (Å²) in [5, 5.41) is 2.05. The van der Waals surface area contributed by atoms with Crippen LogP contribution >= 0.6 is 11.3 Å². The summed E-state index contributed by atoms with van der Waals surface area (Å²) in [4.78, 5) is 6.19. The van der Waals surface area contributed by atoms with Crippen LogP contribution in [0.4, 0.5) is 5.69 Å². The number of piperazine rings is 1. The molecule has 176 valence electrons. The Hall–Kier alpha value is -2.39. The van der Waals surface area contributed by atoms with E-state index in [9.17, 15) is 8.42 Å². The van der Waals surface area contributed by atoms with Crippen molar-refractivity contribution in [1.29, 1.82) is 0 Å². The molecule has 3 aromatic rings. The molecule has 2 heterocycles. The van der Waals surface area contributed by atoms with Crippen LogP contribution in [-0.4, -0.2) is 52.6 Å². The van der Waals surface area contributed by atoms with Gasteiger partial charge in [0.2, 0.25) is 10.0 Å². The molecule has 0 aliphatic carbocycles. The number of ether oxygens (including phenoxy) is 1. The van der Waals surface area contributed by atoms with Crippen molar-refractivity contribution in [1.82, 2.24) is 9.62 Å². The summed E-state index contributed by atoms with van der Waals surface area (Å²) in [7, 11) is -1.91. The monoisotopic (exact) mass is 485 g/mol. The topological polar surface area (TPSA) is 61.9 Å². The number of thiophene rings is 1. The molecule has 6 nitrogen and oxygen atoms in total. The highest BCUT2D eigenvalue weighted by Crippen LogP contribution is 2.33. The molecule has 2 atom stereocenters. The van der Waals surface area contributed by atoms with Gasteiger partial charge in [-0.15, -0.1) is 11.3 Å². The molecule has 8 heteroatoms. The minimum absolute atomic E-state index is 0.0370. The second-order valence-corrected chi connectivity index (χ2v) is 11.1. The second kappa shape index (κ2) is 10.3. The number of nitrogens with zero attached hydrogens (tertiary/aromatic N) is 2. The van der Waals surface area contributed by atoms with Gasteiger partial charge in [0.1, 0.15) is 5.75 Å².